The zero-order valence-corrected chi connectivity index (χ0v) is 15.6. The zero-order valence-electron chi connectivity index (χ0n) is 15.6. The Morgan fingerprint density at radius 3 is 2.61 bits per heavy atom. The third-order valence-corrected chi connectivity index (χ3v) is 6.77. The number of esters is 1. The highest BCUT2D eigenvalue weighted by atomic mass is 16.5. The largest absolute Gasteiger partial charge is 0.500 e. The second kappa shape index (κ2) is 5.99. The summed E-state index contributed by atoms with van der Waals surface area (Å²) in [6, 6.07) is 0. The van der Waals surface area contributed by atoms with E-state index in [0.29, 0.717) is 18.4 Å². The van der Waals surface area contributed by atoms with Crippen LogP contribution in [0.4, 0.5) is 0 Å². The summed E-state index contributed by atoms with van der Waals surface area (Å²) < 4.78 is 11.2. The van der Waals surface area contributed by atoms with Gasteiger partial charge >= 0.3 is 5.97 Å². The molecule has 3 heteroatoms. The minimum Gasteiger partial charge on any atom is -0.500 e. The van der Waals surface area contributed by atoms with Gasteiger partial charge in [0.1, 0.15) is 11.2 Å². The van der Waals surface area contributed by atoms with Crippen LogP contribution in [-0.2, 0) is 14.3 Å². The Kier molecular flexibility index (Phi) is 4.71. The number of fused-ring (bicyclic) bond motifs is 1. The normalized spacial score (nSPS) is 39.1. The molecule has 0 aromatic carbocycles. The Morgan fingerprint density at radius 1 is 1.48 bits per heavy atom. The van der Waals surface area contributed by atoms with Crippen LogP contribution in [0, 0.1) is 28.1 Å². The molecule has 0 saturated heterocycles. The number of hydrogen-bond donors (Lipinski definition) is 0. The molecule has 0 N–H and O–H groups in total. The fourth-order valence-corrected chi connectivity index (χ4v) is 5.65. The summed E-state index contributed by atoms with van der Waals surface area (Å²) in [6.45, 7) is 15.1. The molecule has 2 aliphatic carbocycles. The number of carbonyl (C=O) groups excluding carboxylic acids is 1. The quantitative estimate of drug-likeness (QED) is 0.524. The minimum absolute atomic E-state index is 0.0811. The Bertz CT molecular complexity index is 521. The lowest BCUT2D eigenvalue weighted by atomic mass is 9.53. The van der Waals surface area contributed by atoms with Crippen LogP contribution in [0.5, 0.6) is 0 Å². The molecular formula is C20H32O3. The Labute approximate surface area is 141 Å². The van der Waals surface area contributed by atoms with Gasteiger partial charge in [0, 0.05) is 5.41 Å². The number of ether oxygens (including phenoxy) is 2. The zero-order chi connectivity index (χ0) is 17.5. The molecule has 0 spiro atoms. The van der Waals surface area contributed by atoms with E-state index in [-0.39, 0.29) is 16.8 Å². The molecule has 2 rings (SSSR count). The maximum absolute atomic E-state index is 13.0. The molecule has 0 bridgehead atoms. The van der Waals surface area contributed by atoms with E-state index in [9.17, 15) is 4.79 Å². The average Bonchev–Trinajstić information content (AvgIpc) is 2.87. The molecule has 4 atom stereocenters. The maximum atomic E-state index is 13.0. The third kappa shape index (κ3) is 2.11. The molecule has 0 aromatic heterocycles. The van der Waals surface area contributed by atoms with Crippen molar-refractivity contribution in [3.8, 4) is 0 Å². The van der Waals surface area contributed by atoms with Crippen LogP contribution in [0.25, 0.3) is 0 Å². The third-order valence-electron chi connectivity index (χ3n) is 6.77. The predicted molar refractivity (Wildman–Crippen MR) is 92.7 cm³/mol. The summed E-state index contributed by atoms with van der Waals surface area (Å²) in [7, 11) is 1.67. The molecule has 2 aliphatic rings. The molecule has 0 radical (unpaired) electrons. The van der Waals surface area contributed by atoms with Gasteiger partial charge in [0.25, 0.3) is 0 Å². The van der Waals surface area contributed by atoms with E-state index in [4.69, 9.17) is 9.47 Å². The molecule has 1 saturated carbocycles. The van der Waals surface area contributed by atoms with E-state index in [1.54, 1.807) is 7.11 Å². The number of rotatable bonds is 6. The van der Waals surface area contributed by atoms with Gasteiger partial charge in [0.15, 0.2) is 0 Å². The van der Waals surface area contributed by atoms with Crippen molar-refractivity contribution in [1.29, 1.82) is 0 Å². The van der Waals surface area contributed by atoms with Crippen molar-refractivity contribution in [2.45, 2.75) is 53.9 Å². The monoisotopic (exact) mass is 320 g/mol. The second-order valence-corrected chi connectivity index (χ2v) is 7.80. The fourth-order valence-electron chi connectivity index (χ4n) is 5.65. The van der Waals surface area contributed by atoms with Crippen LogP contribution >= 0.6 is 0 Å². The number of carbonyl (C=O) groups is 1. The molecule has 0 heterocycles. The minimum atomic E-state index is -0.746. The smallest absolute Gasteiger partial charge is 0.320 e. The van der Waals surface area contributed by atoms with Crippen molar-refractivity contribution in [3.63, 3.8) is 0 Å². The molecule has 0 amide bonds. The van der Waals surface area contributed by atoms with E-state index in [2.05, 4.69) is 33.4 Å². The maximum Gasteiger partial charge on any atom is 0.320 e. The van der Waals surface area contributed by atoms with Crippen LogP contribution in [0.3, 0.4) is 0 Å². The molecule has 130 valence electrons. The van der Waals surface area contributed by atoms with Gasteiger partial charge in [-0.3, -0.25) is 4.79 Å². The van der Waals surface area contributed by atoms with Crippen LogP contribution in [-0.4, -0.2) is 19.7 Å². The van der Waals surface area contributed by atoms with E-state index in [1.165, 1.54) is 0 Å². The van der Waals surface area contributed by atoms with Crippen molar-refractivity contribution in [1.82, 2.24) is 0 Å². The predicted octanol–water partition coefficient (Wildman–Crippen LogP) is 4.73. The lowest BCUT2D eigenvalue weighted by Crippen LogP contribution is -2.50. The van der Waals surface area contributed by atoms with Crippen molar-refractivity contribution in [2.75, 3.05) is 13.7 Å². The molecule has 23 heavy (non-hydrogen) atoms. The van der Waals surface area contributed by atoms with Gasteiger partial charge in [-0.25, -0.2) is 0 Å². The SMILES string of the molecule is C=CC[C@]12CC[C@H](C(C)C)[C@@]1(C)C=C(OC)[C@]2(C)C(=O)OCC. The van der Waals surface area contributed by atoms with Gasteiger partial charge in [-0.15, -0.1) is 6.58 Å². The molecule has 0 aromatic rings. The van der Waals surface area contributed by atoms with Gasteiger partial charge in [-0.1, -0.05) is 26.8 Å². The molecular weight excluding hydrogens is 288 g/mol. The standard InChI is InChI=1S/C20H32O3/c1-8-11-20-12-10-15(14(3)4)18(20,5)13-16(22-7)19(20,6)17(21)23-9-2/h8,13-15H,1,9-12H2,2-7H3/t15-,18-,19-,20+/m1/s1. The van der Waals surface area contributed by atoms with Crippen LogP contribution in [0.15, 0.2) is 24.5 Å². The first-order valence-corrected chi connectivity index (χ1v) is 8.80. The van der Waals surface area contributed by atoms with E-state index >= 15 is 0 Å². The fraction of sp³-hybridized carbons (Fsp3) is 0.750. The second-order valence-electron chi connectivity index (χ2n) is 7.80. The highest BCUT2D eigenvalue weighted by Gasteiger charge is 2.72. The van der Waals surface area contributed by atoms with Crippen molar-refractivity contribution in [3.05, 3.63) is 24.5 Å². The molecule has 1 fully saturated rings. The van der Waals surface area contributed by atoms with Crippen molar-refractivity contribution < 1.29 is 14.3 Å². The summed E-state index contributed by atoms with van der Waals surface area (Å²) >= 11 is 0. The summed E-state index contributed by atoms with van der Waals surface area (Å²) in [4.78, 5) is 13.0. The number of hydrogen-bond acceptors (Lipinski definition) is 3. The summed E-state index contributed by atoms with van der Waals surface area (Å²) in [5.41, 5.74) is -1.04. The van der Waals surface area contributed by atoms with Crippen LogP contribution in [0.1, 0.15) is 53.9 Å². The Morgan fingerprint density at radius 2 is 2.13 bits per heavy atom. The average molecular weight is 320 g/mol. The first kappa shape index (κ1) is 18.1. The van der Waals surface area contributed by atoms with Gasteiger partial charge in [0.05, 0.1) is 13.7 Å². The topological polar surface area (TPSA) is 35.5 Å². The van der Waals surface area contributed by atoms with Crippen LogP contribution in [0.2, 0.25) is 0 Å². The van der Waals surface area contributed by atoms with E-state index in [1.807, 2.05) is 19.9 Å². The van der Waals surface area contributed by atoms with E-state index in [0.717, 1.165) is 25.0 Å². The lowest BCUT2D eigenvalue weighted by Gasteiger charge is -2.49. The first-order valence-electron chi connectivity index (χ1n) is 8.80. The van der Waals surface area contributed by atoms with Gasteiger partial charge in [0.2, 0.25) is 0 Å². The number of methoxy groups -OCH3 is 1. The Balaban J connectivity index is 2.65. The highest BCUT2D eigenvalue weighted by Crippen LogP contribution is 2.74. The molecule has 3 nitrogen and oxygen atoms in total. The van der Waals surface area contributed by atoms with Gasteiger partial charge in [-0.2, -0.15) is 0 Å². The lowest BCUT2D eigenvalue weighted by molar-refractivity contribution is -0.165. The summed E-state index contributed by atoms with van der Waals surface area (Å²) in [6.07, 6.45) is 7.11. The van der Waals surface area contributed by atoms with Gasteiger partial charge < -0.3 is 9.47 Å². The molecule has 0 unspecified atom stereocenters. The summed E-state index contributed by atoms with van der Waals surface area (Å²) in [5, 5.41) is 0. The number of allylic oxidation sites excluding steroid dienone is 2. The molecule has 0 aliphatic heterocycles. The highest BCUT2D eigenvalue weighted by molar-refractivity contribution is 5.82. The van der Waals surface area contributed by atoms with Crippen LogP contribution < -0.4 is 0 Å². The van der Waals surface area contributed by atoms with E-state index < -0.39 is 5.41 Å². The van der Waals surface area contributed by atoms with Crippen molar-refractivity contribution in [2.24, 2.45) is 28.1 Å². The van der Waals surface area contributed by atoms with Crippen molar-refractivity contribution >= 4 is 5.97 Å². The summed E-state index contributed by atoms with van der Waals surface area (Å²) in [5.74, 6) is 1.70. The Hall–Kier alpha value is -1.25. The van der Waals surface area contributed by atoms with Gasteiger partial charge in [-0.05, 0) is 56.4 Å². The first-order chi connectivity index (χ1) is 10.7.